The Balaban J connectivity index is 1.98. The Kier molecular flexibility index (Phi) is 11.7. The average molecular weight is 475 g/mol. The van der Waals surface area contributed by atoms with E-state index < -0.39 is 6.04 Å². The van der Waals surface area contributed by atoms with Crippen molar-refractivity contribution in [3.63, 3.8) is 0 Å². The number of carbonyl (C=O) groups is 2. The van der Waals surface area contributed by atoms with Gasteiger partial charge in [-0.15, -0.1) is 11.8 Å². The molecule has 2 aromatic rings. The summed E-state index contributed by atoms with van der Waals surface area (Å²) >= 11 is 7.66. The summed E-state index contributed by atoms with van der Waals surface area (Å²) in [4.78, 5) is 29.0. The maximum atomic E-state index is 13.2. The first-order chi connectivity index (χ1) is 15.4. The summed E-state index contributed by atoms with van der Waals surface area (Å²) in [5.74, 6) is 1.20. The highest BCUT2D eigenvalue weighted by Gasteiger charge is 2.27. The standard InChI is InChI=1S/C26H35ClN2O2S/c1-4-24(26(31)28-19-20(2)3)29(17-16-21-9-6-5-7-10-21)25(30)11-8-18-32-23-14-12-22(27)13-15-23/h5-7,9-10,12-15,20,24H,4,8,11,16-19H2,1-3H3,(H,28,31)/t24-/m1/s1. The molecule has 0 aliphatic heterocycles. The van der Waals surface area contributed by atoms with Crippen molar-refractivity contribution in [3.8, 4) is 0 Å². The molecule has 4 nitrogen and oxygen atoms in total. The van der Waals surface area contributed by atoms with Crippen LogP contribution in [0.25, 0.3) is 0 Å². The molecule has 2 amide bonds. The first-order valence-corrected chi connectivity index (χ1v) is 12.8. The lowest BCUT2D eigenvalue weighted by Crippen LogP contribution is -2.50. The normalized spacial score (nSPS) is 11.9. The Morgan fingerprint density at radius 3 is 2.38 bits per heavy atom. The molecule has 0 aliphatic rings. The summed E-state index contributed by atoms with van der Waals surface area (Å²) in [5.41, 5.74) is 1.17. The van der Waals surface area contributed by atoms with Crippen molar-refractivity contribution in [1.29, 1.82) is 0 Å². The molecule has 6 heteroatoms. The lowest BCUT2D eigenvalue weighted by molar-refractivity contribution is -0.140. The van der Waals surface area contributed by atoms with E-state index in [1.807, 2.05) is 49.4 Å². The van der Waals surface area contributed by atoms with Crippen LogP contribution in [0.4, 0.5) is 0 Å². The van der Waals surface area contributed by atoms with Crippen molar-refractivity contribution in [1.82, 2.24) is 10.2 Å². The van der Waals surface area contributed by atoms with Gasteiger partial charge in [-0.2, -0.15) is 0 Å². The van der Waals surface area contributed by atoms with Gasteiger partial charge in [-0.05, 0) is 60.8 Å². The van der Waals surface area contributed by atoms with Crippen molar-refractivity contribution < 1.29 is 9.59 Å². The van der Waals surface area contributed by atoms with Gasteiger partial charge < -0.3 is 10.2 Å². The molecule has 0 fully saturated rings. The van der Waals surface area contributed by atoms with E-state index in [0.717, 1.165) is 28.5 Å². The molecule has 174 valence electrons. The van der Waals surface area contributed by atoms with Gasteiger partial charge in [-0.1, -0.05) is 62.7 Å². The van der Waals surface area contributed by atoms with Crippen molar-refractivity contribution in [2.75, 3.05) is 18.8 Å². The molecular formula is C26H35ClN2O2S. The third-order valence-corrected chi connectivity index (χ3v) is 6.52. The smallest absolute Gasteiger partial charge is 0.242 e. The highest BCUT2D eigenvalue weighted by molar-refractivity contribution is 7.99. The Labute approximate surface area is 202 Å². The first-order valence-electron chi connectivity index (χ1n) is 11.4. The average Bonchev–Trinajstić information content (AvgIpc) is 2.79. The maximum Gasteiger partial charge on any atom is 0.242 e. The number of halogens is 1. The summed E-state index contributed by atoms with van der Waals surface area (Å²) in [5, 5.41) is 3.73. The molecule has 0 saturated carbocycles. The SMILES string of the molecule is CC[C@H](C(=O)NCC(C)C)N(CCc1ccccc1)C(=O)CCCSc1ccc(Cl)cc1. The van der Waals surface area contributed by atoms with Crippen LogP contribution < -0.4 is 5.32 Å². The van der Waals surface area contributed by atoms with Gasteiger partial charge in [-0.25, -0.2) is 0 Å². The molecule has 0 radical (unpaired) electrons. The minimum atomic E-state index is -0.436. The van der Waals surface area contributed by atoms with Gasteiger partial charge in [0, 0.05) is 29.4 Å². The van der Waals surface area contributed by atoms with Crippen molar-refractivity contribution in [2.45, 2.75) is 57.4 Å². The lowest BCUT2D eigenvalue weighted by atomic mass is 10.1. The molecule has 1 N–H and O–H groups in total. The molecule has 32 heavy (non-hydrogen) atoms. The van der Waals surface area contributed by atoms with E-state index in [2.05, 4.69) is 31.3 Å². The number of benzene rings is 2. The summed E-state index contributed by atoms with van der Waals surface area (Å²) < 4.78 is 0. The number of thioether (sulfide) groups is 1. The Hall–Kier alpha value is -1.98. The van der Waals surface area contributed by atoms with Crippen molar-refractivity contribution >= 4 is 35.2 Å². The molecule has 2 rings (SSSR count). The number of hydrogen-bond donors (Lipinski definition) is 1. The molecule has 0 saturated heterocycles. The van der Waals surface area contributed by atoms with Crippen LogP contribution in [0, 0.1) is 5.92 Å². The number of rotatable bonds is 13. The zero-order valence-electron chi connectivity index (χ0n) is 19.4. The minimum absolute atomic E-state index is 0.0455. The van der Waals surface area contributed by atoms with Crippen LogP contribution in [0.1, 0.15) is 45.6 Å². The van der Waals surface area contributed by atoms with E-state index in [1.54, 1.807) is 16.7 Å². The van der Waals surface area contributed by atoms with Crippen molar-refractivity contribution in [3.05, 3.63) is 65.2 Å². The van der Waals surface area contributed by atoms with E-state index in [9.17, 15) is 9.59 Å². The number of carbonyl (C=O) groups excluding carboxylic acids is 2. The van der Waals surface area contributed by atoms with Crippen LogP contribution in [0.5, 0.6) is 0 Å². The summed E-state index contributed by atoms with van der Waals surface area (Å²) in [7, 11) is 0. The van der Waals surface area contributed by atoms with Crippen LogP contribution in [0.15, 0.2) is 59.5 Å². The Morgan fingerprint density at radius 2 is 1.75 bits per heavy atom. The summed E-state index contributed by atoms with van der Waals surface area (Å²) in [6, 6.07) is 17.4. The van der Waals surface area contributed by atoms with Gasteiger partial charge in [0.05, 0.1) is 0 Å². The number of amides is 2. The van der Waals surface area contributed by atoms with Gasteiger partial charge in [0.1, 0.15) is 6.04 Å². The number of nitrogens with zero attached hydrogens (tertiary/aromatic N) is 1. The minimum Gasteiger partial charge on any atom is -0.354 e. The Morgan fingerprint density at radius 1 is 1.06 bits per heavy atom. The topological polar surface area (TPSA) is 49.4 Å². The van der Waals surface area contributed by atoms with Crippen LogP contribution in [0.2, 0.25) is 5.02 Å². The summed E-state index contributed by atoms with van der Waals surface area (Å²) in [6.07, 6.45) is 2.53. The third kappa shape index (κ3) is 9.25. The highest BCUT2D eigenvalue weighted by atomic mass is 35.5. The maximum absolute atomic E-state index is 13.2. The van der Waals surface area contributed by atoms with E-state index in [4.69, 9.17) is 11.6 Å². The molecule has 0 unspecified atom stereocenters. The highest BCUT2D eigenvalue weighted by Crippen LogP contribution is 2.22. The van der Waals surface area contributed by atoms with Crippen LogP contribution in [-0.2, 0) is 16.0 Å². The largest absolute Gasteiger partial charge is 0.354 e. The molecule has 0 spiro atoms. The first kappa shape index (κ1) is 26.3. The zero-order chi connectivity index (χ0) is 23.3. The second kappa shape index (κ2) is 14.2. The Bertz CT molecular complexity index is 827. The van der Waals surface area contributed by atoms with Crippen LogP contribution in [-0.4, -0.2) is 41.6 Å². The predicted octanol–water partition coefficient (Wildman–Crippen LogP) is 5.83. The van der Waals surface area contributed by atoms with Gasteiger partial charge in [-0.3, -0.25) is 9.59 Å². The van der Waals surface area contributed by atoms with E-state index in [-0.39, 0.29) is 11.8 Å². The molecular weight excluding hydrogens is 440 g/mol. The molecule has 2 aromatic carbocycles. The monoisotopic (exact) mass is 474 g/mol. The number of nitrogens with one attached hydrogen (secondary N) is 1. The molecule has 0 aliphatic carbocycles. The molecule has 0 aromatic heterocycles. The van der Waals surface area contributed by atoms with Crippen molar-refractivity contribution in [2.24, 2.45) is 5.92 Å². The predicted molar refractivity (Wildman–Crippen MR) is 135 cm³/mol. The fourth-order valence-corrected chi connectivity index (χ4v) is 4.39. The quantitative estimate of drug-likeness (QED) is 0.293. The van der Waals surface area contributed by atoms with E-state index in [0.29, 0.717) is 31.8 Å². The molecule has 1 atom stereocenters. The van der Waals surface area contributed by atoms with E-state index >= 15 is 0 Å². The van der Waals surface area contributed by atoms with Gasteiger partial charge in [0.25, 0.3) is 0 Å². The van der Waals surface area contributed by atoms with Crippen LogP contribution in [0.3, 0.4) is 0 Å². The summed E-state index contributed by atoms with van der Waals surface area (Å²) in [6.45, 7) is 7.27. The molecule has 0 heterocycles. The fraction of sp³-hybridized carbons (Fsp3) is 0.462. The lowest BCUT2D eigenvalue weighted by Gasteiger charge is -2.31. The zero-order valence-corrected chi connectivity index (χ0v) is 20.9. The number of hydrogen-bond acceptors (Lipinski definition) is 3. The second-order valence-corrected chi connectivity index (χ2v) is 9.90. The van der Waals surface area contributed by atoms with Gasteiger partial charge in [0.15, 0.2) is 0 Å². The van der Waals surface area contributed by atoms with Gasteiger partial charge >= 0.3 is 0 Å². The fourth-order valence-electron chi connectivity index (χ4n) is 3.41. The molecule has 0 bridgehead atoms. The van der Waals surface area contributed by atoms with Gasteiger partial charge in [0.2, 0.25) is 11.8 Å². The van der Waals surface area contributed by atoms with E-state index in [1.165, 1.54) is 5.56 Å². The second-order valence-electron chi connectivity index (χ2n) is 8.29. The van der Waals surface area contributed by atoms with Crippen LogP contribution >= 0.6 is 23.4 Å². The third-order valence-electron chi connectivity index (χ3n) is 5.17.